The molecule has 18 heavy (non-hydrogen) atoms. The lowest BCUT2D eigenvalue weighted by Crippen LogP contribution is -2.20. The SMILES string of the molecule is CCOC(=O)[C@H](C)[C@@H](C)c1ccc2c(c1)OCO2. The van der Waals surface area contributed by atoms with Crippen LogP contribution in [0.5, 0.6) is 11.5 Å². The van der Waals surface area contributed by atoms with E-state index in [0.29, 0.717) is 6.61 Å². The fourth-order valence-electron chi connectivity index (χ4n) is 1.96. The zero-order valence-corrected chi connectivity index (χ0v) is 10.9. The molecule has 1 aromatic carbocycles. The molecule has 4 heteroatoms. The van der Waals surface area contributed by atoms with E-state index in [4.69, 9.17) is 14.2 Å². The van der Waals surface area contributed by atoms with E-state index in [2.05, 4.69) is 0 Å². The minimum absolute atomic E-state index is 0.0820. The maximum atomic E-state index is 11.7. The molecule has 1 aliphatic rings. The van der Waals surface area contributed by atoms with Crippen LogP contribution >= 0.6 is 0 Å². The largest absolute Gasteiger partial charge is 0.466 e. The van der Waals surface area contributed by atoms with Crippen LogP contribution in [-0.2, 0) is 9.53 Å². The summed E-state index contributed by atoms with van der Waals surface area (Å²) in [6, 6.07) is 5.78. The molecule has 0 N–H and O–H groups in total. The third-order valence-corrected chi connectivity index (χ3v) is 3.33. The average Bonchev–Trinajstić information content (AvgIpc) is 2.84. The average molecular weight is 250 g/mol. The monoisotopic (exact) mass is 250 g/mol. The standard InChI is InChI=1S/C14H18O4/c1-4-16-14(15)10(3)9(2)11-5-6-12-13(7-11)18-8-17-12/h5-7,9-10H,4,8H2,1-3H3/t9-,10-/m1/s1. The number of hydrogen-bond acceptors (Lipinski definition) is 4. The van der Waals surface area contributed by atoms with Crippen molar-refractivity contribution >= 4 is 5.97 Å². The van der Waals surface area contributed by atoms with Crippen molar-refractivity contribution in [3.63, 3.8) is 0 Å². The summed E-state index contributed by atoms with van der Waals surface area (Å²) in [4.78, 5) is 11.7. The molecule has 1 aromatic rings. The molecule has 0 amide bonds. The van der Waals surface area contributed by atoms with Gasteiger partial charge in [0.05, 0.1) is 12.5 Å². The molecule has 0 unspecified atom stereocenters. The minimum atomic E-state index is -0.176. The number of esters is 1. The van der Waals surface area contributed by atoms with Crippen LogP contribution in [0.4, 0.5) is 0 Å². The zero-order valence-electron chi connectivity index (χ0n) is 10.9. The van der Waals surface area contributed by atoms with E-state index in [0.717, 1.165) is 17.1 Å². The number of fused-ring (bicyclic) bond motifs is 1. The van der Waals surface area contributed by atoms with E-state index >= 15 is 0 Å². The van der Waals surface area contributed by atoms with Crippen molar-refractivity contribution in [2.24, 2.45) is 5.92 Å². The Hall–Kier alpha value is -1.71. The first kappa shape index (κ1) is 12.7. The van der Waals surface area contributed by atoms with Gasteiger partial charge in [-0.1, -0.05) is 19.9 Å². The van der Waals surface area contributed by atoms with Crippen LogP contribution in [0.2, 0.25) is 0 Å². The highest BCUT2D eigenvalue weighted by molar-refractivity contribution is 5.73. The third-order valence-electron chi connectivity index (χ3n) is 3.33. The van der Waals surface area contributed by atoms with E-state index in [1.165, 1.54) is 0 Å². The van der Waals surface area contributed by atoms with E-state index in [1.807, 2.05) is 39.0 Å². The van der Waals surface area contributed by atoms with E-state index in [9.17, 15) is 4.79 Å². The van der Waals surface area contributed by atoms with Gasteiger partial charge < -0.3 is 14.2 Å². The van der Waals surface area contributed by atoms with Crippen LogP contribution in [0.3, 0.4) is 0 Å². The molecule has 0 saturated heterocycles. The van der Waals surface area contributed by atoms with Gasteiger partial charge in [-0.2, -0.15) is 0 Å². The molecule has 0 aromatic heterocycles. The third kappa shape index (κ3) is 2.42. The summed E-state index contributed by atoms with van der Waals surface area (Å²) < 4.78 is 15.6. The summed E-state index contributed by atoms with van der Waals surface area (Å²) in [5.41, 5.74) is 1.06. The van der Waals surface area contributed by atoms with Crippen molar-refractivity contribution in [3.05, 3.63) is 23.8 Å². The topological polar surface area (TPSA) is 44.8 Å². The highest BCUT2D eigenvalue weighted by atomic mass is 16.7. The molecule has 2 rings (SSSR count). The number of carbonyl (C=O) groups is 1. The molecule has 2 atom stereocenters. The van der Waals surface area contributed by atoms with Crippen molar-refractivity contribution in [3.8, 4) is 11.5 Å². The molecule has 0 saturated carbocycles. The van der Waals surface area contributed by atoms with Crippen molar-refractivity contribution in [1.29, 1.82) is 0 Å². The molecule has 0 aliphatic carbocycles. The van der Waals surface area contributed by atoms with Crippen LogP contribution in [-0.4, -0.2) is 19.4 Å². The molecule has 0 spiro atoms. The summed E-state index contributed by atoms with van der Waals surface area (Å²) >= 11 is 0. The van der Waals surface area contributed by atoms with Gasteiger partial charge in [-0.15, -0.1) is 0 Å². The lowest BCUT2D eigenvalue weighted by Gasteiger charge is -2.19. The summed E-state index contributed by atoms with van der Waals surface area (Å²) in [7, 11) is 0. The first-order chi connectivity index (χ1) is 8.63. The number of carbonyl (C=O) groups excluding carboxylic acids is 1. The molecule has 0 fully saturated rings. The quantitative estimate of drug-likeness (QED) is 0.771. The lowest BCUT2D eigenvalue weighted by atomic mass is 9.89. The smallest absolute Gasteiger partial charge is 0.309 e. The zero-order chi connectivity index (χ0) is 13.1. The molecule has 0 bridgehead atoms. The normalized spacial score (nSPS) is 16.2. The Kier molecular flexibility index (Phi) is 3.75. The van der Waals surface area contributed by atoms with E-state index < -0.39 is 0 Å². The Morgan fingerprint density at radius 2 is 2.06 bits per heavy atom. The second-order valence-corrected chi connectivity index (χ2v) is 4.44. The van der Waals surface area contributed by atoms with Crippen molar-refractivity contribution in [2.75, 3.05) is 13.4 Å². The molecule has 4 nitrogen and oxygen atoms in total. The summed E-state index contributed by atoms with van der Waals surface area (Å²) in [5, 5.41) is 0. The molecule has 98 valence electrons. The molecule has 1 heterocycles. The first-order valence-corrected chi connectivity index (χ1v) is 6.19. The highest BCUT2D eigenvalue weighted by Crippen LogP contribution is 2.36. The van der Waals surface area contributed by atoms with Gasteiger partial charge in [0, 0.05) is 0 Å². The predicted octanol–water partition coefficient (Wildman–Crippen LogP) is 2.72. The van der Waals surface area contributed by atoms with Crippen molar-refractivity contribution in [2.45, 2.75) is 26.7 Å². The Morgan fingerprint density at radius 3 is 2.78 bits per heavy atom. The number of hydrogen-bond donors (Lipinski definition) is 0. The Labute approximate surface area is 107 Å². The molecule has 0 radical (unpaired) electrons. The maximum absolute atomic E-state index is 11.7. The summed E-state index contributed by atoms with van der Waals surface area (Å²) in [6.45, 7) is 6.39. The fourth-order valence-corrected chi connectivity index (χ4v) is 1.96. The van der Waals surface area contributed by atoms with Crippen LogP contribution < -0.4 is 9.47 Å². The van der Waals surface area contributed by atoms with Crippen molar-refractivity contribution < 1.29 is 19.0 Å². The van der Waals surface area contributed by atoms with E-state index in [1.54, 1.807) is 0 Å². The molecular formula is C14H18O4. The van der Waals surface area contributed by atoms with Crippen LogP contribution in [0, 0.1) is 5.92 Å². The summed E-state index contributed by atoms with van der Waals surface area (Å²) in [5.74, 6) is 1.25. The lowest BCUT2D eigenvalue weighted by molar-refractivity contribution is -0.148. The van der Waals surface area contributed by atoms with Gasteiger partial charge in [0.1, 0.15) is 0 Å². The Bertz CT molecular complexity index is 441. The second kappa shape index (κ2) is 5.29. The van der Waals surface area contributed by atoms with Gasteiger partial charge in [0.15, 0.2) is 11.5 Å². The predicted molar refractivity (Wildman–Crippen MR) is 66.8 cm³/mol. The number of benzene rings is 1. The number of rotatable bonds is 4. The van der Waals surface area contributed by atoms with Gasteiger partial charge >= 0.3 is 5.97 Å². The fraction of sp³-hybridized carbons (Fsp3) is 0.500. The molecule has 1 aliphatic heterocycles. The highest BCUT2D eigenvalue weighted by Gasteiger charge is 2.24. The molecular weight excluding hydrogens is 232 g/mol. The van der Waals surface area contributed by atoms with E-state index in [-0.39, 0.29) is 24.6 Å². The Morgan fingerprint density at radius 1 is 1.33 bits per heavy atom. The number of ether oxygens (including phenoxy) is 3. The van der Waals surface area contributed by atoms with Gasteiger partial charge in [0.25, 0.3) is 0 Å². The second-order valence-electron chi connectivity index (χ2n) is 4.44. The van der Waals surface area contributed by atoms with Gasteiger partial charge in [-0.05, 0) is 30.5 Å². The summed E-state index contributed by atoms with van der Waals surface area (Å²) in [6.07, 6.45) is 0. The van der Waals surface area contributed by atoms with Gasteiger partial charge in [-0.3, -0.25) is 4.79 Å². The maximum Gasteiger partial charge on any atom is 0.309 e. The Balaban J connectivity index is 2.13. The van der Waals surface area contributed by atoms with Crippen LogP contribution in [0.15, 0.2) is 18.2 Å². The minimum Gasteiger partial charge on any atom is -0.466 e. The van der Waals surface area contributed by atoms with Crippen LogP contribution in [0.1, 0.15) is 32.3 Å². The van der Waals surface area contributed by atoms with Gasteiger partial charge in [-0.25, -0.2) is 0 Å². The van der Waals surface area contributed by atoms with Gasteiger partial charge in [0.2, 0.25) is 6.79 Å². The van der Waals surface area contributed by atoms with Crippen LogP contribution in [0.25, 0.3) is 0 Å². The van der Waals surface area contributed by atoms with Crippen molar-refractivity contribution in [1.82, 2.24) is 0 Å². The first-order valence-electron chi connectivity index (χ1n) is 6.19.